The molecule has 5 rings (SSSR count). The Morgan fingerprint density at radius 1 is 0.960 bits per heavy atom. The van der Waals surface area contributed by atoms with Gasteiger partial charge in [0.05, 0.1) is 21.3 Å². The summed E-state index contributed by atoms with van der Waals surface area (Å²) in [6.07, 6.45) is 3.61. The van der Waals surface area contributed by atoms with Crippen molar-refractivity contribution in [2.75, 3.05) is 0 Å². The highest BCUT2D eigenvalue weighted by Crippen LogP contribution is 2.34. The lowest BCUT2D eigenvalue weighted by Gasteiger charge is -1.96. The summed E-state index contributed by atoms with van der Waals surface area (Å²) in [4.78, 5) is 17.1. The second kappa shape index (κ2) is 5.65. The van der Waals surface area contributed by atoms with Crippen molar-refractivity contribution in [3.05, 3.63) is 65.9 Å². The van der Waals surface area contributed by atoms with Crippen molar-refractivity contribution in [1.82, 2.24) is 19.9 Å². The maximum absolute atomic E-state index is 5.98. The molecule has 0 bridgehead atoms. The van der Waals surface area contributed by atoms with E-state index in [1.165, 1.54) is 0 Å². The van der Waals surface area contributed by atoms with E-state index in [1.807, 2.05) is 48.7 Å². The van der Waals surface area contributed by atoms with Crippen molar-refractivity contribution in [1.29, 1.82) is 0 Å². The molecule has 0 amide bonds. The number of thiazole rings is 1. The van der Waals surface area contributed by atoms with Gasteiger partial charge in [-0.1, -0.05) is 17.7 Å². The number of imidazole rings is 1. The molecule has 0 aliphatic rings. The van der Waals surface area contributed by atoms with E-state index in [2.05, 4.69) is 16.0 Å². The molecule has 0 radical (unpaired) electrons. The van der Waals surface area contributed by atoms with E-state index >= 15 is 0 Å². The first-order valence-corrected chi connectivity index (χ1v) is 8.93. The molecule has 5 aromatic rings. The molecule has 1 N–H and O–H groups in total. The fraction of sp³-hybridized carbons (Fsp3) is 0. The van der Waals surface area contributed by atoms with Crippen molar-refractivity contribution in [3.8, 4) is 22.0 Å². The number of aromatic nitrogens is 4. The Bertz CT molecular complexity index is 1170. The predicted octanol–water partition coefficient (Wildman–Crippen LogP) is 5.56. The monoisotopic (exact) mass is 362 g/mol. The van der Waals surface area contributed by atoms with Gasteiger partial charge in [0.15, 0.2) is 0 Å². The molecular formula is C19H11ClN4S. The Kier molecular flexibility index (Phi) is 3.29. The third-order valence-electron chi connectivity index (χ3n) is 4.05. The van der Waals surface area contributed by atoms with E-state index in [4.69, 9.17) is 21.6 Å². The van der Waals surface area contributed by atoms with Gasteiger partial charge in [-0.2, -0.15) is 0 Å². The third-order valence-corrected chi connectivity index (χ3v) is 5.34. The summed E-state index contributed by atoms with van der Waals surface area (Å²) in [5.41, 5.74) is 4.88. The standard InChI is InChI=1S/C19H11ClN4S/c20-12-6-4-11(5-7-12)18-22-15-3-1-2-13(17(15)24-18)19-23-14-8-9-21-10-16(14)25-19/h1-10H,(H,22,24). The average Bonchev–Trinajstić information content (AvgIpc) is 3.26. The van der Waals surface area contributed by atoms with E-state index in [0.29, 0.717) is 5.02 Å². The zero-order valence-corrected chi connectivity index (χ0v) is 14.5. The molecule has 120 valence electrons. The van der Waals surface area contributed by atoms with Crippen LogP contribution >= 0.6 is 22.9 Å². The van der Waals surface area contributed by atoms with Crippen molar-refractivity contribution < 1.29 is 0 Å². The second-order valence-corrected chi connectivity index (χ2v) is 7.12. The minimum atomic E-state index is 0.712. The quantitative estimate of drug-likeness (QED) is 0.447. The van der Waals surface area contributed by atoms with Gasteiger partial charge in [0, 0.05) is 28.5 Å². The van der Waals surface area contributed by atoms with Crippen LogP contribution in [0.4, 0.5) is 0 Å². The molecule has 0 unspecified atom stereocenters. The summed E-state index contributed by atoms with van der Waals surface area (Å²) in [6, 6.07) is 15.7. The first kappa shape index (κ1) is 14.6. The average molecular weight is 363 g/mol. The zero-order valence-electron chi connectivity index (χ0n) is 12.9. The van der Waals surface area contributed by atoms with Gasteiger partial charge < -0.3 is 4.98 Å². The molecule has 0 atom stereocenters. The number of benzene rings is 2. The fourth-order valence-electron chi connectivity index (χ4n) is 2.84. The number of pyridine rings is 1. The van der Waals surface area contributed by atoms with Gasteiger partial charge >= 0.3 is 0 Å². The van der Waals surface area contributed by atoms with E-state index < -0.39 is 0 Å². The molecule has 0 aliphatic heterocycles. The Balaban J connectivity index is 1.69. The summed E-state index contributed by atoms with van der Waals surface area (Å²) in [6.45, 7) is 0. The minimum Gasteiger partial charge on any atom is -0.338 e. The number of aromatic amines is 1. The minimum absolute atomic E-state index is 0.712. The summed E-state index contributed by atoms with van der Waals surface area (Å²) < 4.78 is 1.07. The number of H-pyrrole nitrogens is 1. The van der Waals surface area contributed by atoms with Crippen molar-refractivity contribution in [3.63, 3.8) is 0 Å². The maximum Gasteiger partial charge on any atom is 0.138 e. The summed E-state index contributed by atoms with van der Waals surface area (Å²) in [5, 5.41) is 1.66. The van der Waals surface area contributed by atoms with Gasteiger partial charge in [-0.25, -0.2) is 9.97 Å². The number of hydrogen-bond acceptors (Lipinski definition) is 4. The first-order chi connectivity index (χ1) is 12.3. The molecule has 4 nitrogen and oxygen atoms in total. The number of nitrogens with one attached hydrogen (secondary N) is 1. The van der Waals surface area contributed by atoms with Crippen molar-refractivity contribution >= 4 is 44.2 Å². The maximum atomic E-state index is 5.98. The molecule has 3 heterocycles. The molecule has 0 saturated heterocycles. The second-order valence-electron chi connectivity index (χ2n) is 5.66. The summed E-state index contributed by atoms with van der Waals surface area (Å²) in [5.74, 6) is 0.821. The topological polar surface area (TPSA) is 54.5 Å². The highest BCUT2D eigenvalue weighted by Gasteiger charge is 2.13. The lowest BCUT2D eigenvalue weighted by molar-refractivity contribution is 1.33. The number of fused-ring (bicyclic) bond motifs is 2. The summed E-state index contributed by atoms with van der Waals surface area (Å²) >= 11 is 7.61. The Morgan fingerprint density at radius 2 is 1.84 bits per heavy atom. The smallest absolute Gasteiger partial charge is 0.138 e. The SMILES string of the molecule is Clc1ccc(-c2nc3c(-c4nc5ccncc5s4)cccc3[nH]2)cc1. The molecule has 0 aliphatic carbocycles. The zero-order chi connectivity index (χ0) is 16.8. The fourth-order valence-corrected chi connectivity index (χ4v) is 3.93. The van der Waals surface area contributed by atoms with Crippen LogP contribution in [-0.4, -0.2) is 19.9 Å². The normalized spacial score (nSPS) is 11.4. The molecule has 0 spiro atoms. The molecule has 6 heteroatoms. The van der Waals surface area contributed by atoms with E-state index in [1.54, 1.807) is 17.5 Å². The van der Waals surface area contributed by atoms with Crippen LogP contribution in [0.25, 0.3) is 43.2 Å². The van der Waals surface area contributed by atoms with Crippen LogP contribution in [0.2, 0.25) is 5.02 Å². The number of halogens is 1. The van der Waals surface area contributed by atoms with Gasteiger partial charge in [-0.05, 0) is 42.5 Å². The lowest BCUT2D eigenvalue weighted by Crippen LogP contribution is -1.80. The molecular weight excluding hydrogens is 352 g/mol. The van der Waals surface area contributed by atoms with Gasteiger partial charge in [0.2, 0.25) is 0 Å². The van der Waals surface area contributed by atoms with Gasteiger partial charge in [0.1, 0.15) is 10.8 Å². The van der Waals surface area contributed by atoms with Gasteiger partial charge in [-0.15, -0.1) is 11.3 Å². The first-order valence-electron chi connectivity index (χ1n) is 7.73. The number of rotatable bonds is 2. The van der Waals surface area contributed by atoms with Crippen LogP contribution < -0.4 is 0 Å². The predicted molar refractivity (Wildman–Crippen MR) is 103 cm³/mol. The highest BCUT2D eigenvalue weighted by atomic mass is 35.5. The largest absolute Gasteiger partial charge is 0.338 e. The lowest BCUT2D eigenvalue weighted by atomic mass is 10.2. The molecule has 25 heavy (non-hydrogen) atoms. The number of para-hydroxylation sites is 1. The van der Waals surface area contributed by atoms with Crippen LogP contribution in [0.3, 0.4) is 0 Å². The van der Waals surface area contributed by atoms with Crippen LogP contribution in [0, 0.1) is 0 Å². The van der Waals surface area contributed by atoms with E-state index in [9.17, 15) is 0 Å². The number of hydrogen-bond donors (Lipinski definition) is 1. The van der Waals surface area contributed by atoms with E-state index in [-0.39, 0.29) is 0 Å². The van der Waals surface area contributed by atoms with Gasteiger partial charge in [0.25, 0.3) is 0 Å². The van der Waals surface area contributed by atoms with Crippen molar-refractivity contribution in [2.45, 2.75) is 0 Å². The molecule has 3 aromatic heterocycles. The summed E-state index contributed by atoms with van der Waals surface area (Å²) in [7, 11) is 0. The van der Waals surface area contributed by atoms with Crippen LogP contribution in [0.5, 0.6) is 0 Å². The van der Waals surface area contributed by atoms with Crippen LogP contribution in [0.1, 0.15) is 0 Å². The highest BCUT2D eigenvalue weighted by molar-refractivity contribution is 7.21. The van der Waals surface area contributed by atoms with Gasteiger partial charge in [-0.3, -0.25) is 4.98 Å². The van der Waals surface area contributed by atoms with Crippen LogP contribution in [-0.2, 0) is 0 Å². The van der Waals surface area contributed by atoms with E-state index in [0.717, 1.165) is 43.2 Å². The van der Waals surface area contributed by atoms with Crippen molar-refractivity contribution in [2.24, 2.45) is 0 Å². The molecule has 0 fully saturated rings. The Hall–Kier alpha value is -2.76. The third kappa shape index (κ3) is 2.49. The molecule has 0 saturated carbocycles. The van der Waals surface area contributed by atoms with Crippen LogP contribution in [0.15, 0.2) is 60.9 Å². The Labute approximate surface area is 152 Å². The Morgan fingerprint density at radius 3 is 2.68 bits per heavy atom. The number of nitrogens with zero attached hydrogens (tertiary/aromatic N) is 3. The molecule has 2 aromatic carbocycles.